The van der Waals surface area contributed by atoms with Crippen LogP contribution in [0, 0.1) is 22.7 Å². The van der Waals surface area contributed by atoms with Crippen molar-refractivity contribution in [1.82, 2.24) is 0 Å². The van der Waals surface area contributed by atoms with Crippen LogP contribution in [0.1, 0.15) is 11.1 Å². The lowest BCUT2D eigenvalue weighted by Crippen LogP contribution is -1.89. The third-order valence-electron chi connectivity index (χ3n) is 1.49. The fraction of sp³-hybridized carbons (Fsp3) is 0. The molecule has 0 fully saturated rings. The predicted molar refractivity (Wildman–Crippen MR) is 63.2 cm³/mol. The Kier molecular flexibility index (Phi) is 5.53. The number of halogens is 5. The molecular formula is C8HCl5N2. The molecule has 0 saturated carbocycles. The molecule has 7 heteroatoms. The van der Waals surface area contributed by atoms with Gasteiger partial charge in [0.25, 0.3) is 0 Å². The zero-order valence-corrected chi connectivity index (χ0v) is 10.7. The molecule has 2 nitrogen and oxygen atoms in total. The first kappa shape index (κ1) is 14.6. The van der Waals surface area contributed by atoms with Crippen LogP contribution in [-0.4, -0.2) is 0 Å². The molecule has 0 bridgehead atoms. The number of benzene rings is 1. The summed E-state index contributed by atoms with van der Waals surface area (Å²) in [5.74, 6) is 0. The molecule has 0 spiro atoms. The van der Waals surface area contributed by atoms with E-state index in [1.807, 2.05) is 0 Å². The van der Waals surface area contributed by atoms with Crippen molar-refractivity contribution in [3.05, 3.63) is 31.2 Å². The first-order valence-corrected chi connectivity index (χ1v) is 4.72. The van der Waals surface area contributed by atoms with Crippen molar-refractivity contribution < 1.29 is 0 Å². The van der Waals surface area contributed by atoms with Crippen LogP contribution in [0.15, 0.2) is 0 Å². The topological polar surface area (TPSA) is 47.6 Å². The van der Waals surface area contributed by atoms with Gasteiger partial charge in [0.15, 0.2) is 0 Å². The van der Waals surface area contributed by atoms with E-state index in [9.17, 15) is 0 Å². The van der Waals surface area contributed by atoms with Gasteiger partial charge in [-0.25, -0.2) is 0 Å². The summed E-state index contributed by atoms with van der Waals surface area (Å²) >= 11 is 22.8. The molecule has 0 saturated heterocycles. The summed E-state index contributed by atoms with van der Waals surface area (Å²) in [4.78, 5) is 0. The zero-order chi connectivity index (χ0) is 10.9. The molecule has 0 radical (unpaired) electrons. The molecule has 78 valence electrons. The van der Waals surface area contributed by atoms with Crippen LogP contribution in [0.4, 0.5) is 0 Å². The Morgan fingerprint density at radius 1 is 0.667 bits per heavy atom. The second kappa shape index (κ2) is 5.66. The molecule has 1 rings (SSSR count). The highest BCUT2D eigenvalue weighted by molar-refractivity contribution is 6.50. The Morgan fingerprint density at radius 2 is 1.00 bits per heavy atom. The summed E-state index contributed by atoms with van der Waals surface area (Å²) in [5, 5.41) is 17.2. The molecular weight excluding hydrogens is 301 g/mol. The van der Waals surface area contributed by atoms with Gasteiger partial charge in [0.05, 0.1) is 31.2 Å². The number of nitriles is 2. The largest absolute Gasteiger partial charge is 0.192 e. The van der Waals surface area contributed by atoms with E-state index in [0.29, 0.717) is 0 Å². The quantitative estimate of drug-likeness (QED) is 0.524. The first-order chi connectivity index (χ1) is 6.54. The van der Waals surface area contributed by atoms with E-state index in [-0.39, 0.29) is 43.6 Å². The summed E-state index contributed by atoms with van der Waals surface area (Å²) in [6.07, 6.45) is 0. The first-order valence-electron chi connectivity index (χ1n) is 3.20. The van der Waals surface area contributed by atoms with Crippen molar-refractivity contribution >= 4 is 58.8 Å². The molecule has 0 heterocycles. The molecule has 0 aromatic heterocycles. The fourth-order valence-corrected chi connectivity index (χ4v) is 1.90. The minimum absolute atomic E-state index is 0. The Labute approximate surface area is 112 Å². The van der Waals surface area contributed by atoms with Crippen molar-refractivity contribution in [1.29, 1.82) is 10.5 Å². The van der Waals surface area contributed by atoms with E-state index in [2.05, 4.69) is 0 Å². The van der Waals surface area contributed by atoms with Gasteiger partial charge in [0, 0.05) is 0 Å². The maximum absolute atomic E-state index is 8.70. The summed E-state index contributed by atoms with van der Waals surface area (Å²) < 4.78 is 0. The Bertz CT molecular complexity index is 442. The molecule has 0 amide bonds. The number of nitrogens with zero attached hydrogens (tertiary/aromatic N) is 2. The number of hydrogen-bond acceptors (Lipinski definition) is 2. The molecule has 0 aliphatic rings. The van der Waals surface area contributed by atoms with Crippen molar-refractivity contribution in [2.24, 2.45) is 0 Å². The van der Waals surface area contributed by atoms with Crippen LogP contribution in [0.2, 0.25) is 20.1 Å². The number of hydrogen-bond donors (Lipinski definition) is 0. The maximum atomic E-state index is 8.70. The molecule has 15 heavy (non-hydrogen) atoms. The normalized spacial score (nSPS) is 8.67. The lowest BCUT2D eigenvalue weighted by atomic mass is 10.1. The molecule has 0 atom stereocenters. The summed E-state index contributed by atoms with van der Waals surface area (Å²) in [5.41, 5.74) is -0.0847. The van der Waals surface area contributed by atoms with Crippen molar-refractivity contribution in [3.63, 3.8) is 0 Å². The van der Waals surface area contributed by atoms with Gasteiger partial charge in [-0.05, 0) is 0 Å². The highest BCUT2D eigenvalue weighted by Gasteiger charge is 2.19. The summed E-state index contributed by atoms with van der Waals surface area (Å²) in [6, 6.07) is 3.50. The minimum Gasteiger partial charge on any atom is -0.192 e. The summed E-state index contributed by atoms with van der Waals surface area (Å²) in [6.45, 7) is 0. The van der Waals surface area contributed by atoms with Crippen LogP contribution < -0.4 is 0 Å². The molecule has 0 aliphatic carbocycles. The van der Waals surface area contributed by atoms with E-state index in [4.69, 9.17) is 56.9 Å². The Hall–Kier alpha value is -0.350. The number of rotatable bonds is 0. The highest BCUT2D eigenvalue weighted by Crippen LogP contribution is 2.40. The average molecular weight is 302 g/mol. The molecule has 1 aromatic rings. The smallest absolute Gasteiger partial charge is 0.102 e. The van der Waals surface area contributed by atoms with Crippen LogP contribution in [0.25, 0.3) is 0 Å². The molecule has 0 unspecified atom stereocenters. The van der Waals surface area contributed by atoms with Crippen molar-refractivity contribution in [3.8, 4) is 12.1 Å². The zero-order valence-electron chi connectivity index (χ0n) is 6.81. The van der Waals surface area contributed by atoms with Crippen LogP contribution in [0.5, 0.6) is 0 Å². The second-order valence-electron chi connectivity index (χ2n) is 2.23. The summed E-state index contributed by atoms with van der Waals surface area (Å²) in [7, 11) is 0. The van der Waals surface area contributed by atoms with Gasteiger partial charge >= 0.3 is 0 Å². The van der Waals surface area contributed by atoms with Crippen LogP contribution in [-0.2, 0) is 0 Å². The van der Waals surface area contributed by atoms with Gasteiger partial charge in [-0.15, -0.1) is 12.4 Å². The van der Waals surface area contributed by atoms with Gasteiger partial charge in [-0.1, -0.05) is 46.4 Å². The third-order valence-corrected chi connectivity index (χ3v) is 3.19. The van der Waals surface area contributed by atoms with Crippen molar-refractivity contribution in [2.45, 2.75) is 0 Å². The van der Waals surface area contributed by atoms with Crippen LogP contribution >= 0.6 is 58.8 Å². The lowest BCUT2D eigenvalue weighted by molar-refractivity contribution is 1.45. The maximum Gasteiger partial charge on any atom is 0.102 e. The average Bonchev–Trinajstić information content (AvgIpc) is 2.16. The van der Waals surface area contributed by atoms with Gasteiger partial charge in [-0.3, -0.25) is 0 Å². The van der Waals surface area contributed by atoms with Gasteiger partial charge in [-0.2, -0.15) is 10.5 Å². The Morgan fingerprint density at radius 3 is 1.27 bits per heavy atom. The standard InChI is InChI=1S/C8Cl4N2.ClH/c9-5-3(1-13)6(10)8(12)7(11)4(5)2-14;/h;1H. The predicted octanol–water partition coefficient (Wildman–Crippen LogP) is 4.47. The fourth-order valence-electron chi connectivity index (χ4n) is 0.830. The van der Waals surface area contributed by atoms with Gasteiger partial charge < -0.3 is 0 Å². The minimum atomic E-state index is -0.0746. The lowest BCUT2D eigenvalue weighted by Gasteiger charge is -2.05. The van der Waals surface area contributed by atoms with E-state index in [1.165, 1.54) is 0 Å². The van der Waals surface area contributed by atoms with E-state index < -0.39 is 0 Å². The SMILES string of the molecule is Cl.N#Cc1c(Cl)c(Cl)c(Cl)c(C#N)c1Cl. The second-order valence-corrected chi connectivity index (χ2v) is 3.74. The third kappa shape index (κ3) is 2.42. The van der Waals surface area contributed by atoms with Gasteiger partial charge in [0.1, 0.15) is 12.1 Å². The highest BCUT2D eigenvalue weighted by atomic mass is 35.5. The monoisotopic (exact) mass is 300 g/mol. The van der Waals surface area contributed by atoms with Crippen molar-refractivity contribution in [2.75, 3.05) is 0 Å². The Balaban J connectivity index is 0.00000196. The van der Waals surface area contributed by atoms with Gasteiger partial charge in [0.2, 0.25) is 0 Å². The molecule has 0 aliphatic heterocycles. The molecule has 1 aromatic carbocycles. The van der Waals surface area contributed by atoms with E-state index in [0.717, 1.165) is 0 Å². The van der Waals surface area contributed by atoms with Crippen LogP contribution in [0.3, 0.4) is 0 Å². The van der Waals surface area contributed by atoms with E-state index >= 15 is 0 Å². The van der Waals surface area contributed by atoms with E-state index in [1.54, 1.807) is 12.1 Å². The molecule has 0 N–H and O–H groups in total.